The van der Waals surface area contributed by atoms with Gasteiger partial charge in [0.2, 0.25) is 0 Å². The molecule has 0 N–H and O–H groups in total. The molecule has 0 rings (SSSR count). The molecular weight excluding hydrogens is 466 g/mol. The first-order valence-electron chi connectivity index (χ1n) is 7.73. The Morgan fingerprint density at radius 2 is 0.724 bits per heavy atom. The van der Waals surface area contributed by atoms with Crippen molar-refractivity contribution in [2.45, 2.75) is 12.4 Å². The quantitative estimate of drug-likeness (QED) is 0.178. The van der Waals surface area contributed by atoms with Crippen LogP contribution in [0.15, 0.2) is 0 Å². The molecule has 0 aromatic carbocycles. The van der Waals surface area contributed by atoms with E-state index >= 15 is 0 Å². The van der Waals surface area contributed by atoms with E-state index < -0.39 is 57.3 Å². The van der Waals surface area contributed by atoms with Gasteiger partial charge in [-0.25, -0.2) is 0 Å². The SMILES string of the molecule is O=S(=O)(CC(F)(F)F)OCCOCCOCCOCCOS(=O)(=O)CC(F)(F)F. The van der Waals surface area contributed by atoms with Gasteiger partial charge >= 0.3 is 12.4 Å². The zero-order valence-corrected chi connectivity index (χ0v) is 16.5. The first kappa shape index (κ1) is 28.3. The molecule has 0 bridgehead atoms. The molecule has 0 aliphatic rings. The number of hydrogen-bond acceptors (Lipinski definition) is 9. The molecule has 0 saturated heterocycles. The van der Waals surface area contributed by atoms with Crippen LogP contribution < -0.4 is 0 Å². The average Bonchev–Trinajstić information content (AvgIpc) is 2.46. The highest BCUT2D eigenvalue weighted by Gasteiger charge is 2.36. The van der Waals surface area contributed by atoms with Crippen molar-refractivity contribution in [3.05, 3.63) is 0 Å². The predicted molar refractivity (Wildman–Crippen MR) is 84.0 cm³/mol. The molecule has 0 aromatic rings. The van der Waals surface area contributed by atoms with Crippen molar-refractivity contribution in [1.29, 1.82) is 0 Å². The van der Waals surface area contributed by atoms with E-state index in [4.69, 9.17) is 14.2 Å². The molecule has 0 atom stereocenters. The predicted octanol–water partition coefficient (Wildman–Crippen LogP) is 0.854. The smallest absolute Gasteiger partial charge is 0.377 e. The maximum atomic E-state index is 11.9. The van der Waals surface area contributed by atoms with Crippen LogP contribution in [-0.4, -0.2) is 93.5 Å². The molecule has 0 aromatic heterocycles. The van der Waals surface area contributed by atoms with Crippen LogP contribution in [0.2, 0.25) is 0 Å². The molecule has 29 heavy (non-hydrogen) atoms. The summed E-state index contributed by atoms with van der Waals surface area (Å²) in [4.78, 5) is 0. The molecule has 0 amide bonds. The monoisotopic (exact) mass is 486 g/mol. The van der Waals surface area contributed by atoms with Crippen LogP contribution in [0.5, 0.6) is 0 Å². The molecule has 17 heteroatoms. The summed E-state index contributed by atoms with van der Waals surface area (Å²) in [5.74, 6) is -4.19. The van der Waals surface area contributed by atoms with Gasteiger partial charge in [-0.15, -0.1) is 0 Å². The number of hydrogen-bond donors (Lipinski definition) is 0. The molecule has 0 radical (unpaired) electrons. The van der Waals surface area contributed by atoms with Gasteiger partial charge in [-0.3, -0.25) is 8.37 Å². The highest BCUT2D eigenvalue weighted by molar-refractivity contribution is 7.87. The molecule has 0 aliphatic heterocycles. The van der Waals surface area contributed by atoms with Crippen molar-refractivity contribution in [2.24, 2.45) is 0 Å². The van der Waals surface area contributed by atoms with Crippen molar-refractivity contribution in [3.63, 3.8) is 0 Å². The van der Waals surface area contributed by atoms with E-state index in [-0.39, 0.29) is 39.6 Å². The van der Waals surface area contributed by atoms with E-state index in [9.17, 15) is 43.2 Å². The topological polar surface area (TPSA) is 114 Å². The van der Waals surface area contributed by atoms with Crippen LogP contribution >= 0.6 is 0 Å². The first-order chi connectivity index (χ1) is 13.1. The van der Waals surface area contributed by atoms with Crippen molar-refractivity contribution in [3.8, 4) is 0 Å². The lowest BCUT2D eigenvalue weighted by atomic mass is 10.7. The maximum absolute atomic E-state index is 11.9. The van der Waals surface area contributed by atoms with Gasteiger partial charge in [0.15, 0.2) is 11.5 Å². The van der Waals surface area contributed by atoms with Crippen LogP contribution in [-0.2, 0) is 42.8 Å². The maximum Gasteiger partial charge on any atom is 0.405 e. The minimum Gasteiger partial charge on any atom is -0.377 e. The first-order valence-corrected chi connectivity index (χ1v) is 10.9. The number of rotatable bonds is 16. The Labute approximate surface area is 163 Å². The highest BCUT2D eigenvalue weighted by atomic mass is 32.2. The lowest BCUT2D eigenvalue weighted by molar-refractivity contribution is -0.108. The van der Waals surface area contributed by atoms with Gasteiger partial charge < -0.3 is 14.2 Å². The minimum atomic E-state index is -4.90. The molecule has 0 fully saturated rings. The normalized spacial score (nSPS) is 13.7. The summed E-state index contributed by atoms with van der Waals surface area (Å²) in [6.07, 6.45) is -9.81. The number of ether oxygens (including phenoxy) is 3. The Balaban J connectivity index is 3.53. The third-order valence-corrected chi connectivity index (χ3v) is 4.82. The van der Waals surface area contributed by atoms with Crippen molar-refractivity contribution < 1.29 is 65.8 Å². The average molecular weight is 486 g/mol. The summed E-state index contributed by atoms with van der Waals surface area (Å²) in [6, 6.07) is 0. The lowest BCUT2D eigenvalue weighted by Gasteiger charge is -2.09. The van der Waals surface area contributed by atoms with Crippen LogP contribution in [0.4, 0.5) is 26.3 Å². The summed E-state index contributed by atoms with van der Waals surface area (Å²) in [5, 5.41) is 0. The Morgan fingerprint density at radius 1 is 0.483 bits per heavy atom. The molecule has 0 spiro atoms. The molecule has 9 nitrogen and oxygen atoms in total. The fourth-order valence-corrected chi connectivity index (χ4v) is 3.08. The van der Waals surface area contributed by atoms with E-state index in [1.54, 1.807) is 0 Å². The van der Waals surface area contributed by atoms with E-state index in [1.807, 2.05) is 0 Å². The zero-order valence-electron chi connectivity index (χ0n) is 14.8. The molecule has 0 saturated carbocycles. The van der Waals surface area contributed by atoms with Gasteiger partial charge in [0.1, 0.15) is 0 Å². The summed E-state index contributed by atoms with van der Waals surface area (Å²) in [5.41, 5.74) is 0. The van der Waals surface area contributed by atoms with Crippen molar-refractivity contribution in [1.82, 2.24) is 0 Å². The second-order valence-electron chi connectivity index (χ2n) is 5.12. The molecule has 176 valence electrons. The van der Waals surface area contributed by atoms with Gasteiger partial charge in [0, 0.05) is 0 Å². The summed E-state index contributed by atoms with van der Waals surface area (Å²) >= 11 is 0. The number of halogens is 6. The number of alkyl halides is 6. The van der Waals surface area contributed by atoms with Gasteiger partial charge in [-0.2, -0.15) is 43.2 Å². The zero-order chi connectivity index (χ0) is 22.6. The van der Waals surface area contributed by atoms with Crippen LogP contribution in [0.25, 0.3) is 0 Å². The Kier molecular flexibility index (Phi) is 12.5. The fraction of sp³-hybridized carbons (Fsp3) is 1.00. The summed E-state index contributed by atoms with van der Waals surface area (Å²) in [7, 11) is -9.45. The largest absolute Gasteiger partial charge is 0.405 e. The van der Waals surface area contributed by atoms with E-state index in [1.165, 1.54) is 0 Å². The Hall–Kier alpha value is -0.720. The summed E-state index contributed by atoms with van der Waals surface area (Å²) in [6.45, 7) is -1.79. The van der Waals surface area contributed by atoms with Crippen LogP contribution in [0, 0.1) is 0 Å². The summed E-state index contributed by atoms with van der Waals surface area (Å²) < 4.78 is 138. The van der Waals surface area contributed by atoms with Gasteiger partial charge in [0.05, 0.1) is 52.9 Å². The molecule has 0 unspecified atom stereocenters. The standard InChI is InChI=1S/C12H20F6O9S2/c13-11(14,15)9-28(19,20)26-7-5-24-3-1-23-2-4-25-6-8-27-29(21,22)10-12(16,17)18/h1-10H2. The van der Waals surface area contributed by atoms with Gasteiger partial charge in [0.25, 0.3) is 20.2 Å². The van der Waals surface area contributed by atoms with Gasteiger partial charge in [-0.05, 0) is 0 Å². The van der Waals surface area contributed by atoms with Crippen LogP contribution in [0.1, 0.15) is 0 Å². The van der Waals surface area contributed by atoms with Crippen LogP contribution in [0.3, 0.4) is 0 Å². The highest BCUT2D eigenvalue weighted by Crippen LogP contribution is 2.18. The lowest BCUT2D eigenvalue weighted by Crippen LogP contribution is -2.25. The third-order valence-electron chi connectivity index (χ3n) is 2.41. The second-order valence-corrected chi connectivity index (χ2v) is 8.39. The van der Waals surface area contributed by atoms with E-state index in [2.05, 4.69) is 8.37 Å². The van der Waals surface area contributed by atoms with E-state index in [0.29, 0.717) is 0 Å². The second kappa shape index (κ2) is 12.9. The van der Waals surface area contributed by atoms with Gasteiger partial charge in [-0.1, -0.05) is 0 Å². The molecule has 0 heterocycles. The Morgan fingerprint density at radius 3 is 0.966 bits per heavy atom. The van der Waals surface area contributed by atoms with Crippen molar-refractivity contribution in [2.75, 3.05) is 64.4 Å². The molecule has 0 aliphatic carbocycles. The van der Waals surface area contributed by atoms with Crippen molar-refractivity contribution >= 4 is 20.2 Å². The Bertz CT molecular complexity index is 590. The minimum absolute atomic E-state index is 0.0229. The third kappa shape index (κ3) is 20.3. The fourth-order valence-electron chi connectivity index (χ4n) is 1.47. The van der Waals surface area contributed by atoms with E-state index in [0.717, 1.165) is 0 Å². The molecular formula is C12H20F6O9S2.